The Hall–Kier alpha value is -2.15. The summed E-state index contributed by atoms with van der Waals surface area (Å²) in [6.45, 7) is 5.32. The first kappa shape index (κ1) is 17.9. The van der Waals surface area contributed by atoms with Gasteiger partial charge in [-0.15, -0.1) is 0 Å². The van der Waals surface area contributed by atoms with Gasteiger partial charge < -0.3 is 19.3 Å². The molecule has 0 unspecified atom stereocenters. The highest BCUT2D eigenvalue weighted by molar-refractivity contribution is 6.29. The van der Waals surface area contributed by atoms with E-state index in [-0.39, 0.29) is 13.0 Å². The van der Waals surface area contributed by atoms with Crippen LogP contribution in [0.1, 0.15) is 13.3 Å². The summed E-state index contributed by atoms with van der Waals surface area (Å²) in [4.78, 5) is 34.3. The van der Waals surface area contributed by atoms with Crippen LogP contribution in [0.15, 0.2) is 24.8 Å². The van der Waals surface area contributed by atoms with E-state index in [0.29, 0.717) is 0 Å². The number of aliphatic hydroxyl groups excluding tert-OH is 1. The van der Waals surface area contributed by atoms with Crippen molar-refractivity contribution in [3.05, 3.63) is 24.8 Å². The number of rotatable bonds is 7. The van der Waals surface area contributed by atoms with E-state index in [1.165, 1.54) is 0 Å². The van der Waals surface area contributed by atoms with E-state index >= 15 is 0 Å². The second-order valence-corrected chi connectivity index (χ2v) is 4.68. The Bertz CT molecular complexity index is 469. The van der Waals surface area contributed by atoms with Crippen molar-refractivity contribution in [3.8, 4) is 0 Å². The second kappa shape index (κ2) is 8.33. The number of methoxy groups -OCH3 is 1. The Kier molecular flexibility index (Phi) is 6.78. The molecule has 1 N–H and O–H groups in total. The predicted octanol–water partition coefficient (Wildman–Crippen LogP) is 0.373. The minimum absolute atomic E-state index is 0.173. The monoisotopic (exact) mass is 312 g/mol. The molecule has 1 aliphatic rings. The number of hydrogen-bond acceptors (Lipinski definition) is 7. The summed E-state index contributed by atoms with van der Waals surface area (Å²) in [5, 5.41) is 10.1. The van der Waals surface area contributed by atoms with E-state index in [1.807, 2.05) is 0 Å². The minimum atomic E-state index is -1.20. The third-order valence-corrected chi connectivity index (χ3v) is 3.26. The Morgan fingerprint density at radius 2 is 2.00 bits per heavy atom. The molecule has 0 aromatic carbocycles. The third kappa shape index (κ3) is 4.42. The van der Waals surface area contributed by atoms with Crippen LogP contribution < -0.4 is 0 Å². The Morgan fingerprint density at radius 1 is 1.32 bits per heavy atom. The highest BCUT2D eigenvalue weighted by Gasteiger charge is 2.62. The van der Waals surface area contributed by atoms with Crippen LogP contribution in [-0.2, 0) is 28.6 Å². The van der Waals surface area contributed by atoms with Gasteiger partial charge in [0.1, 0.15) is 12.0 Å². The van der Waals surface area contributed by atoms with Crippen LogP contribution in [0.5, 0.6) is 0 Å². The Balaban J connectivity index is 2.71. The van der Waals surface area contributed by atoms with E-state index in [2.05, 4.69) is 11.3 Å². The molecule has 22 heavy (non-hydrogen) atoms. The summed E-state index contributed by atoms with van der Waals surface area (Å²) in [5.74, 6) is -4.31. The van der Waals surface area contributed by atoms with Gasteiger partial charge in [0.2, 0.25) is 0 Å². The number of carbonyl (C=O) groups is 3. The third-order valence-electron chi connectivity index (χ3n) is 3.26. The molecule has 0 heterocycles. The fourth-order valence-corrected chi connectivity index (χ4v) is 2.17. The topological polar surface area (TPSA) is 99.1 Å². The number of carbonyl (C=O) groups excluding carboxylic acids is 3. The van der Waals surface area contributed by atoms with Gasteiger partial charge in [0.15, 0.2) is 0 Å². The molecule has 0 bridgehead atoms. The van der Waals surface area contributed by atoms with Gasteiger partial charge in [-0.1, -0.05) is 24.8 Å². The summed E-state index contributed by atoms with van der Waals surface area (Å²) in [6, 6.07) is 0. The van der Waals surface area contributed by atoms with Gasteiger partial charge in [-0.3, -0.25) is 4.79 Å². The lowest BCUT2D eigenvalue weighted by molar-refractivity contribution is -0.168. The Morgan fingerprint density at radius 3 is 2.55 bits per heavy atom. The number of esters is 3. The number of allylic oxidation sites excluding steroid dienone is 2. The molecule has 0 aliphatic heterocycles. The average molecular weight is 312 g/mol. The summed E-state index contributed by atoms with van der Waals surface area (Å²) < 4.78 is 14.0. The van der Waals surface area contributed by atoms with Crippen molar-refractivity contribution in [1.82, 2.24) is 0 Å². The molecule has 0 radical (unpaired) electrons. The highest BCUT2D eigenvalue weighted by atomic mass is 16.6. The van der Waals surface area contributed by atoms with Gasteiger partial charge in [0.25, 0.3) is 0 Å². The summed E-state index contributed by atoms with van der Waals surface area (Å²) in [5.41, 5.74) is 0. The first-order valence-corrected chi connectivity index (χ1v) is 6.89. The standard InChI is InChI=1S/C15H20O7/c1-4-6-7-8-9(16)10-11(13(17)21-5-2)12(10)22-15(19)14(18)20-3/h4,6-7,9-12,16H,1,5,8H2,2-3H3/b7-6+/t9-,10-,11-,12-/m0/s1. The second-order valence-electron chi connectivity index (χ2n) is 4.68. The van der Waals surface area contributed by atoms with Gasteiger partial charge in [-0.2, -0.15) is 0 Å². The van der Waals surface area contributed by atoms with Crippen LogP contribution in [0, 0.1) is 11.8 Å². The summed E-state index contributed by atoms with van der Waals surface area (Å²) >= 11 is 0. The smallest absolute Gasteiger partial charge is 0.417 e. The number of aliphatic hydroxyl groups is 1. The fourth-order valence-electron chi connectivity index (χ4n) is 2.17. The SMILES string of the molecule is C=C/C=C/C[C@H](O)[C@@H]1[C@H](OC(=O)C(=O)OC)[C@H]1C(=O)OCC. The molecule has 0 aromatic rings. The molecule has 122 valence electrons. The lowest BCUT2D eigenvalue weighted by Gasteiger charge is -2.07. The molecule has 1 aliphatic carbocycles. The molecule has 1 fully saturated rings. The Labute approximate surface area is 128 Å². The molecule has 4 atom stereocenters. The van der Waals surface area contributed by atoms with Crippen LogP contribution in [0.2, 0.25) is 0 Å². The van der Waals surface area contributed by atoms with Crippen LogP contribution in [0.3, 0.4) is 0 Å². The zero-order valence-electron chi connectivity index (χ0n) is 12.6. The molecular formula is C15H20O7. The zero-order valence-corrected chi connectivity index (χ0v) is 12.6. The number of hydrogen-bond donors (Lipinski definition) is 1. The van der Waals surface area contributed by atoms with E-state index < -0.39 is 42.0 Å². The first-order valence-electron chi connectivity index (χ1n) is 6.89. The molecule has 0 saturated heterocycles. The van der Waals surface area contributed by atoms with Crippen molar-refractivity contribution in [2.75, 3.05) is 13.7 Å². The van der Waals surface area contributed by atoms with Crippen molar-refractivity contribution in [2.24, 2.45) is 11.8 Å². The average Bonchev–Trinajstić information content (AvgIpc) is 3.20. The van der Waals surface area contributed by atoms with Crippen LogP contribution >= 0.6 is 0 Å². The van der Waals surface area contributed by atoms with Crippen molar-refractivity contribution in [2.45, 2.75) is 25.6 Å². The van der Waals surface area contributed by atoms with E-state index in [4.69, 9.17) is 9.47 Å². The molecule has 0 spiro atoms. The summed E-state index contributed by atoms with van der Waals surface area (Å²) in [7, 11) is 1.05. The lowest BCUT2D eigenvalue weighted by Crippen LogP contribution is -2.22. The molecular weight excluding hydrogens is 292 g/mol. The van der Waals surface area contributed by atoms with Gasteiger partial charge in [-0.05, 0) is 13.3 Å². The molecule has 0 amide bonds. The van der Waals surface area contributed by atoms with Crippen molar-refractivity contribution in [1.29, 1.82) is 0 Å². The number of ether oxygens (including phenoxy) is 3. The van der Waals surface area contributed by atoms with Gasteiger partial charge >= 0.3 is 17.9 Å². The molecule has 7 nitrogen and oxygen atoms in total. The normalized spacial score (nSPS) is 24.4. The fraction of sp³-hybridized carbons (Fsp3) is 0.533. The molecule has 7 heteroatoms. The summed E-state index contributed by atoms with van der Waals surface area (Å²) in [6.07, 6.45) is 3.35. The van der Waals surface area contributed by atoms with Crippen molar-refractivity contribution >= 4 is 17.9 Å². The maximum atomic E-state index is 11.8. The largest absolute Gasteiger partial charge is 0.466 e. The van der Waals surface area contributed by atoms with Crippen LogP contribution in [-0.4, -0.2) is 48.9 Å². The zero-order chi connectivity index (χ0) is 16.7. The lowest BCUT2D eigenvalue weighted by atomic mass is 10.1. The van der Waals surface area contributed by atoms with Crippen molar-refractivity contribution < 1.29 is 33.7 Å². The molecule has 1 rings (SSSR count). The van der Waals surface area contributed by atoms with E-state index in [9.17, 15) is 19.5 Å². The quantitative estimate of drug-likeness (QED) is 0.314. The molecule has 0 aromatic heterocycles. The van der Waals surface area contributed by atoms with E-state index in [0.717, 1.165) is 7.11 Å². The van der Waals surface area contributed by atoms with Gasteiger partial charge in [0, 0.05) is 5.92 Å². The van der Waals surface area contributed by atoms with Gasteiger partial charge in [-0.25, -0.2) is 9.59 Å². The van der Waals surface area contributed by atoms with Gasteiger partial charge in [0.05, 0.1) is 19.8 Å². The van der Waals surface area contributed by atoms with E-state index in [1.54, 1.807) is 25.2 Å². The van der Waals surface area contributed by atoms with Crippen molar-refractivity contribution in [3.63, 3.8) is 0 Å². The minimum Gasteiger partial charge on any atom is -0.466 e. The highest BCUT2D eigenvalue weighted by Crippen LogP contribution is 2.46. The molecule has 1 saturated carbocycles. The van der Waals surface area contributed by atoms with Crippen LogP contribution in [0.25, 0.3) is 0 Å². The maximum Gasteiger partial charge on any atom is 0.417 e. The predicted molar refractivity (Wildman–Crippen MR) is 75.5 cm³/mol. The first-order chi connectivity index (χ1) is 10.5. The van der Waals surface area contributed by atoms with Crippen LogP contribution in [0.4, 0.5) is 0 Å². The maximum absolute atomic E-state index is 11.8.